The number of hydrogen-bond donors (Lipinski definition) is 0. The van der Waals surface area contributed by atoms with Crippen molar-refractivity contribution in [1.29, 1.82) is 0 Å². The van der Waals surface area contributed by atoms with Crippen LogP contribution in [-0.2, 0) is 0 Å². The number of fused-ring (bicyclic) bond motifs is 9. The van der Waals surface area contributed by atoms with E-state index in [1.165, 1.54) is 10.8 Å². The molecule has 58 heavy (non-hydrogen) atoms. The van der Waals surface area contributed by atoms with Gasteiger partial charge in [0.2, 0.25) is 0 Å². The minimum absolute atomic E-state index is 0.573. The predicted octanol–water partition coefficient (Wildman–Crippen LogP) is 14.3. The van der Waals surface area contributed by atoms with Crippen LogP contribution in [0.3, 0.4) is 0 Å². The largest absolute Gasteiger partial charge is 0.456 e. The standard InChI is InChI=1S/C53H31N3O2/c1-2-11-34(12-3-1)40-15-8-16-42-49-43(17-9-19-46(49)58-50(40)42)53-55-51(36-24-20-33(21-25-36)38-26-22-32-10-4-5-13-37(32)30-38)54-52(56-53)39-27-23-35-28-29-47-48(44(35)31-39)41-14-6-7-18-45(41)57-47/h1-31H. The van der Waals surface area contributed by atoms with Crippen LogP contribution < -0.4 is 0 Å². The molecular formula is C53H31N3O2. The van der Waals surface area contributed by atoms with E-state index in [4.69, 9.17) is 23.8 Å². The third-order valence-corrected chi connectivity index (χ3v) is 11.3. The summed E-state index contributed by atoms with van der Waals surface area (Å²) in [5.74, 6) is 1.75. The van der Waals surface area contributed by atoms with Crippen LogP contribution in [0.5, 0.6) is 0 Å². The van der Waals surface area contributed by atoms with Crippen molar-refractivity contribution in [1.82, 2.24) is 15.0 Å². The Labute approximate surface area is 332 Å². The van der Waals surface area contributed by atoms with E-state index in [-0.39, 0.29) is 0 Å². The SMILES string of the molecule is c1ccc(-c2cccc3c2oc2cccc(-c4nc(-c5ccc(-c6ccc7ccccc7c6)cc5)nc(-c5ccc6ccc7oc8ccccc8c7c6c5)n4)c23)cc1. The van der Waals surface area contributed by atoms with E-state index in [2.05, 4.69) is 158 Å². The second kappa shape index (κ2) is 12.8. The summed E-state index contributed by atoms with van der Waals surface area (Å²) in [6, 6.07) is 65.1. The van der Waals surface area contributed by atoms with Crippen molar-refractivity contribution in [2.75, 3.05) is 0 Å². The summed E-state index contributed by atoms with van der Waals surface area (Å²) in [7, 11) is 0. The fraction of sp³-hybridized carbons (Fsp3) is 0. The first-order valence-corrected chi connectivity index (χ1v) is 19.4. The Kier molecular flexibility index (Phi) is 7.16. The number of nitrogens with zero attached hydrogens (tertiary/aromatic N) is 3. The lowest BCUT2D eigenvalue weighted by atomic mass is 9.99. The molecule has 9 aromatic carbocycles. The van der Waals surface area contributed by atoms with Crippen LogP contribution in [0.15, 0.2) is 197 Å². The zero-order valence-electron chi connectivity index (χ0n) is 31.1. The lowest BCUT2D eigenvalue weighted by Crippen LogP contribution is -2.00. The highest BCUT2D eigenvalue weighted by molar-refractivity contribution is 6.19. The highest BCUT2D eigenvalue weighted by atomic mass is 16.3. The lowest BCUT2D eigenvalue weighted by molar-refractivity contribution is 0.669. The number of rotatable bonds is 5. The first-order chi connectivity index (χ1) is 28.7. The van der Waals surface area contributed by atoms with Gasteiger partial charge in [-0.1, -0.05) is 158 Å². The van der Waals surface area contributed by atoms with Crippen molar-refractivity contribution >= 4 is 65.4 Å². The van der Waals surface area contributed by atoms with Crippen molar-refractivity contribution in [3.63, 3.8) is 0 Å². The van der Waals surface area contributed by atoms with Gasteiger partial charge in [-0.25, -0.2) is 15.0 Å². The Hall–Kier alpha value is -7.89. The van der Waals surface area contributed by atoms with E-state index in [0.29, 0.717) is 17.5 Å². The third-order valence-electron chi connectivity index (χ3n) is 11.3. The first kappa shape index (κ1) is 32.4. The van der Waals surface area contributed by atoms with Gasteiger partial charge in [0.1, 0.15) is 22.3 Å². The van der Waals surface area contributed by atoms with Crippen LogP contribution in [0, 0.1) is 0 Å². The van der Waals surface area contributed by atoms with Gasteiger partial charge in [0.15, 0.2) is 17.5 Å². The van der Waals surface area contributed by atoms with Crippen LogP contribution in [0.4, 0.5) is 0 Å². The van der Waals surface area contributed by atoms with Gasteiger partial charge in [-0.2, -0.15) is 0 Å². The zero-order chi connectivity index (χ0) is 38.2. The van der Waals surface area contributed by atoms with Gasteiger partial charge in [0, 0.05) is 43.8 Å². The molecule has 12 rings (SSSR count). The van der Waals surface area contributed by atoms with E-state index < -0.39 is 0 Å². The molecule has 0 aliphatic heterocycles. The summed E-state index contributed by atoms with van der Waals surface area (Å²) in [6.45, 7) is 0. The predicted molar refractivity (Wildman–Crippen MR) is 237 cm³/mol. The normalized spacial score (nSPS) is 11.8. The Bertz CT molecular complexity index is 3570. The maximum absolute atomic E-state index is 6.65. The quantitative estimate of drug-likeness (QED) is 0.176. The zero-order valence-corrected chi connectivity index (χ0v) is 31.1. The van der Waals surface area contributed by atoms with Crippen molar-refractivity contribution in [3.05, 3.63) is 188 Å². The van der Waals surface area contributed by atoms with E-state index in [0.717, 1.165) is 93.6 Å². The van der Waals surface area contributed by atoms with Crippen LogP contribution in [0.25, 0.3) is 122 Å². The van der Waals surface area contributed by atoms with Crippen LogP contribution in [-0.4, -0.2) is 15.0 Å². The maximum Gasteiger partial charge on any atom is 0.164 e. The van der Waals surface area contributed by atoms with Crippen molar-refractivity contribution in [3.8, 4) is 56.4 Å². The number of para-hydroxylation sites is 2. The molecule has 0 amide bonds. The highest BCUT2D eigenvalue weighted by Crippen LogP contribution is 2.41. The number of aromatic nitrogens is 3. The topological polar surface area (TPSA) is 65.0 Å². The molecule has 270 valence electrons. The average molecular weight is 742 g/mol. The summed E-state index contributed by atoms with van der Waals surface area (Å²) in [4.78, 5) is 15.7. The van der Waals surface area contributed by atoms with E-state index in [1.54, 1.807) is 0 Å². The van der Waals surface area contributed by atoms with Gasteiger partial charge in [-0.3, -0.25) is 0 Å². The van der Waals surface area contributed by atoms with E-state index >= 15 is 0 Å². The minimum Gasteiger partial charge on any atom is -0.456 e. The van der Waals surface area contributed by atoms with Gasteiger partial charge in [0.05, 0.1) is 0 Å². The Morgan fingerprint density at radius 1 is 0.293 bits per heavy atom. The molecule has 0 fully saturated rings. The Morgan fingerprint density at radius 2 is 0.914 bits per heavy atom. The van der Waals surface area contributed by atoms with E-state index in [1.807, 2.05) is 30.3 Å². The fourth-order valence-corrected chi connectivity index (χ4v) is 8.50. The number of benzene rings is 9. The fourth-order valence-electron chi connectivity index (χ4n) is 8.50. The van der Waals surface area contributed by atoms with Crippen molar-refractivity contribution < 1.29 is 8.83 Å². The molecule has 0 saturated carbocycles. The van der Waals surface area contributed by atoms with Crippen molar-refractivity contribution in [2.45, 2.75) is 0 Å². The Balaban J connectivity index is 1.06. The second-order valence-electron chi connectivity index (χ2n) is 14.7. The molecule has 5 nitrogen and oxygen atoms in total. The second-order valence-corrected chi connectivity index (χ2v) is 14.7. The molecule has 0 radical (unpaired) electrons. The molecule has 0 N–H and O–H groups in total. The van der Waals surface area contributed by atoms with Crippen molar-refractivity contribution in [2.24, 2.45) is 0 Å². The molecule has 3 aromatic heterocycles. The molecule has 0 bridgehead atoms. The molecule has 5 heteroatoms. The molecule has 0 atom stereocenters. The number of furan rings is 2. The molecule has 0 saturated heterocycles. The molecule has 0 spiro atoms. The molecular weight excluding hydrogens is 711 g/mol. The van der Waals surface area contributed by atoms with Crippen LogP contribution in [0.2, 0.25) is 0 Å². The molecule has 0 unspecified atom stereocenters. The summed E-state index contributed by atoms with van der Waals surface area (Å²) >= 11 is 0. The van der Waals surface area contributed by atoms with Crippen LogP contribution in [0.1, 0.15) is 0 Å². The summed E-state index contributed by atoms with van der Waals surface area (Å²) in [6.07, 6.45) is 0. The summed E-state index contributed by atoms with van der Waals surface area (Å²) in [5, 5.41) is 8.77. The lowest BCUT2D eigenvalue weighted by Gasteiger charge is -2.11. The minimum atomic E-state index is 0.573. The third kappa shape index (κ3) is 5.21. The summed E-state index contributed by atoms with van der Waals surface area (Å²) in [5.41, 5.74) is 10.4. The summed E-state index contributed by atoms with van der Waals surface area (Å²) < 4.78 is 12.9. The highest BCUT2D eigenvalue weighted by Gasteiger charge is 2.20. The van der Waals surface area contributed by atoms with Gasteiger partial charge >= 0.3 is 0 Å². The van der Waals surface area contributed by atoms with Gasteiger partial charge in [-0.15, -0.1) is 0 Å². The van der Waals surface area contributed by atoms with Gasteiger partial charge in [0.25, 0.3) is 0 Å². The first-order valence-electron chi connectivity index (χ1n) is 19.4. The Morgan fingerprint density at radius 3 is 1.81 bits per heavy atom. The van der Waals surface area contributed by atoms with E-state index in [9.17, 15) is 0 Å². The monoisotopic (exact) mass is 741 g/mol. The van der Waals surface area contributed by atoms with Gasteiger partial charge < -0.3 is 8.83 Å². The van der Waals surface area contributed by atoms with Crippen LogP contribution >= 0.6 is 0 Å². The van der Waals surface area contributed by atoms with Gasteiger partial charge in [-0.05, 0) is 68.6 Å². The molecule has 12 aromatic rings. The smallest absolute Gasteiger partial charge is 0.164 e. The molecule has 3 heterocycles. The number of hydrogen-bond acceptors (Lipinski definition) is 5. The average Bonchev–Trinajstić information content (AvgIpc) is 3.88. The molecule has 0 aliphatic carbocycles. The maximum atomic E-state index is 6.65. The molecule has 0 aliphatic rings.